The molecule has 4 nitrogen and oxygen atoms in total. The maximum atomic E-state index is 12.3. The Labute approximate surface area is 123 Å². The molecule has 0 aromatic carbocycles. The van der Waals surface area contributed by atoms with Gasteiger partial charge in [-0.05, 0) is 38.6 Å². The van der Waals surface area contributed by atoms with Crippen LogP contribution < -0.4 is 0 Å². The number of rotatable bonds is 3. The van der Waals surface area contributed by atoms with Crippen LogP contribution in [0.1, 0.15) is 23.2 Å². The summed E-state index contributed by atoms with van der Waals surface area (Å²) in [7, 11) is 3.88. The van der Waals surface area contributed by atoms with Crippen molar-refractivity contribution in [2.45, 2.75) is 18.9 Å². The normalized spacial score (nSPS) is 19.7. The van der Waals surface area contributed by atoms with Crippen molar-refractivity contribution in [3.8, 4) is 0 Å². The predicted molar refractivity (Wildman–Crippen MR) is 76.9 cm³/mol. The van der Waals surface area contributed by atoms with E-state index in [2.05, 4.69) is 16.9 Å². The summed E-state index contributed by atoms with van der Waals surface area (Å²) >= 11 is 11.7. The van der Waals surface area contributed by atoms with Crippen LogP contribution in [0.25, 0.3) is 0 Å². The number of carbonyl (C=O) groups excluding carboxylic acids is 1. The largest absolute Gasteiger partial charge is 0.340 e. The van der Waals surface area contributed by atoms with Crippen LogP contribution in [0.2, 0.25) is 10.3 Å². The first-order chi connectivity index (χ1) is 8.99. The Bertz CT molecular complexity index is 481. The summed E-state index contributed by atoms with van der Waals surface area (Å²) in [5.74, 6) is -0.116. The molecule has 19 heavy (non-hydrogen) atoms. The van der Waals surface area contributed by atoms with Crippen LogP contribution in [0.5, 0.6) is 0 Å². The number of amides is 1. The lowest BCUT2D eigenvalue weighted by Gasteiger charge is -2.26. The van der Waals surface area contributed by atoms with Crippen molar-refractivity contribution in [2.75, 3.05) is 27.2 Å². The van der Waals surface area contributed by atoms with E-state index in [0.29, 0.717) is 23.3 Å². The number of likely N-dealkylation sites (N-methyl/N-ethyl adjacent to an activating group) is 2. The topological polar surface area (TPSA) is 36.4 Å². The molecule has 0 N–H and O–H groups in total. The summed E-state index contributed by atoms with van der Waals surface area (Å²) in [6, 6.07) is 3.62. The van der Waals surface area contributed by atoms with Crippen LogP contribution in [0, 0.1) is 0 Å². The van der Waals surface area contributed by atoms with E-state index < -0.39 is 0 Å². The average molecular weight is 302 g/mol. The van der Waals surface area contributed by atoms with E-state index in [1.165, 1.54) is 6.42 Å². The van der Waals surface area contributed by atoms with E-state index in [9.17, 15) is 4.79 Å². The first-order valence-electron chi connectivity index (χ1n) is 6.27. The second-order valence-corrected chi connectivity index (χ2v) is 5.68. The third-order valence-corrected chi connectivity index (χ3v) is 4.05. The Balaban J connectivity index is 2.06. The summed E-state index contributed by atoms with van der Waals surface area (Å²) in [6.07, 6.45) is 2.31. The SMILES string of the molecule is CN(CC1CCCN1C)C(=O)c1ccc(Cl)nc1Cl. The average Bonchev–Trinajstić information content (AvgIpc) is 2.74. The van der Waals surface area contributed by atoms with Crippen LogP contribution in [0.15, 0.2) is 12.1 Å². The smallest absolute Gasteiger partial charge is 0.256 e. The van der Waals surface area contributed by atoms with Gasteiger partial charge in [0.05, 0.1) is 5.56 Å². The van der Waals surface area contributed by atoms with Crippen molar-refractivity contribution in [1.29, 1.82) is 0 Å². The highest BCUT2D eigenvalue weighted by Crippen LogP contribution is 2.20. The molecule has 1 atom stereocenters. The Morgan fingerprint density at radius 2 is 2.26 bits per heavy atom. The summed E-state index contributed by atoms with van der Waals surface area (Å²) in [5.41, 5.74) is 0.397. The van der Waals surface area contributed by atoms with Gasteiger partial charge in [-0.25, -0.2) is 4.98 Å². The first kappa shape index (κ1) is 14.6. The molecule has 0 bridgehead atoms. The van der Waals surface area contributed by atoms with Gasteiger partial charge < -0.3 is 9.80 Å². The van der Waals surface area contributed by atoms with Crippen molar-refractivity contribution in [2.24, 2.45) is 0 Å². The lowest BCUT2D eigenvalue weighted by molar-refractivity contribution is 0.0761. The summed E-state index contributed by atoms with van der Waals surface area (Å²) in [6.45, 7) is 1.80. The Morgan fingerprint density at radius 1 is 1.53 bits per heavy atom. The highest BCUT2D eigenvalue weighted by molar-refractivity contribution is 6.34. The second-order valence-electron chi connectivity index (χ2n) is 4.93. The molecule has 1 aromatic heterocycles. The van der Waals surface area contributed by atoms with Gasteiger partial charge in [0, 0.05) is 19.6 Å². The predicted octanol–water partition coefficient (Wildman–Crippen LogP) is 2.55. The lowest BCUT2D eigenvalue weighted by atomic mass is 10.2. The van der Waals surface area contributed by atoms with E-state index in [1.54, 1.807) is 24.1 Å². The van der Waals surface area contributed by atoms with Crippen molar-refractivity contribution < 1.29 is 4.79 Å². The van der Waals surface area contributed by atoms with Crippen LogP contribution in [-0.4, -0.2) is 53.9 Å². The lowest BCUT2D eigenvalue weighted by Crippen LogP contribution is -2.39. The third-order valence-electron chi connectivity index (χ3n) is 3.55. The molecule has 0 aliphatic carbocycles. The van der Waals surface area contributed by atoms with Crippen LogP contribution in [-0.2, 0) is 0 Å². The van der Waals surface area contributed by atoms with Gasteiger partial charge in [0.1, 0.15) is 10.3 Å². The van der Waals surface area contributed by atoms with Crippen molar-refractivity contribution in [3.63, 3.8) is 0 Å². The van der Waals surface area contributed by atoms with E-state index in [-0.39, 0.29) is 11.1 Å². The quantitative estimate of drug-likeness (QED) is 0.805. The molecule has 1 saturated heterocycles. The monoisotopic (exact) mass is 301 g/mol. The van der Waals surface area contributed by atoms with Crippen molar-refractivity contribution in [1.82, 2.24) is 14.8 Å². The van der Waals surface area contributed by atoms with Gasteiger partial charge in [0.25, 0.3) is 5.91 Å². The zero-order valence-electron chi connectivity index (χ0n) is 11.1. The van der Waals surface area contributed by atoms with Gasteiger partial charge in [-0.2, -0.15) is 0 Å². The fourth-order valence-corrected chi connectivity index (χ4v) is 2.81. The minimum absolute atomic E-state index is 0.116. The molecular formula is C13H17Cl2N3O. The highest BCUT2D eigenvalue weighted by atomic mass is 35.5. The Hall–Kier alpha value is -0.840. The minimum atomic E-state index is -0.116. The van der Waals surface area contributed by atoms with Gasteiger partial charge in [-0.15, -0.1) is 0 Å². The molecule has 1 aliphatic heterocycles. The summed E-state index contributed by atoms with van der Waals surface area (Å²) in [5, 5.41) is 0.448. The minimum Gasteiger partial charge on any atom is -0.340 e. The number of hydrogen-bond acceptors (Lipinski definition) is 3. The zero-order chi connectivity index (χ0) is 14.0. The number of likely N-dealkylation sites (tertiary alicyclic amines) is 1. The molecule has 2 heterocycles. The van der Waals surface area contributed by atoms with E-state index >= 15 is 0 Å². The second kappa shape index (κ2) is 6.07. The first-order valence-corrected chi connectivity index (χ1v) is 7.02. The molecule has 0 saturated carbocycles. The van der Waals surface area contributed by atoms with Crippen molar-refractivity contribution >= 4 is 29.1 Å². The van der Waals surface area contributed by atoms with Crippen LogP contribution >= 0.6 is 23.2 Å². The molecule has 0 spiro atoms. The fraction of sp³-hybridized carbons (Fsp3) is 0.538. The molecule has 1 aromatic rings. The molecule has 1 amide bonds. The third kappa shape index (κ3) is 3.38. The molecule has 1 unspecified atom stereocenters. The Morgan fingerprint density at radius 3 is 2.84 bits per heavy atom. The van der Waals surface area contributed by atoms with E-state index in [4.69, 9.17) is 23.2 Å². The fourth-order valence-electron chi connectivity index (χ4n) is 2.39. The standard InChI is InChI=1S/C13H17Cl2N3O/c1-17-7-3-4-9(17)8-18(2)13(19)10-5-6-11(14)16-12(10)15/h5-6,9H,3-4,7-8H2,1-2H3. The molecule has 2 rings (SSSR count). The Kier molecular flexibility index (Phi) is 4.66. The van der Waals surface area contributed by atoms with Gasteiger partial charge in [-0.1, -0.05) is 23.2 Å². The molecule has 0 radical (unpaired) electrons. The van der Waals surface area contributed by atoms with Gasteiger partial charge in [-0.3, -0.25) is 4.79 Å². The number of hydrogen-bond donors (Lipinski definition) is 0. The molecule has 1 aliphatic rings. The molecule has 6 heteroatoms. The maximum absolute atomic E-state index is 12.3. The number of nitrogens with zero attached hydrogens (tertiary/aromatic N) is 3. The van der Waals surface area contributed by atoms with Gasteiger partial charge in [0.15, 0.2) is 0 Å². The van der Waals surface area contributed by atoms with Gasteiger partial charge >= 0.3 is 0 Å². The molecular weight excluding hydrogens is 285 g/mol. The number of aromatic nitrogens is 1. The van der Waals surface area contributed by atoms with Crippen LogP contribution in [0.4, 0.5) is 0 Å². The van der Waals surface area contributed by atoms with Crippen LogP contribution in [0.3, 0.4) is 0 Å². The van der Waals surface area contributed by atoms with E-state index in [1.807, 2.05) is 0 Å². The summed E-state index contributed by atoms with van der Waals surface area (Å²) in [4.78, 5) is 20.2. The summed E-state index contributed by atoms with van der Waals surface area (Å²) < 4.78 is 0. The highest BCUT2D eigenvalue weighted by Gasteiger charge is 2.25. The number of carbonyl (C=O) groups is 1. The maximum Gasteiger partial charge on any atom is 0.256 e. The van der Waals surface area contributed by atoms with E-state index in [0.717, 1.165) is 13.0 Å². The molecule has 1 fully saturated rings. The zero-order valence-corrected chi connectivity index (χ0v) is 12.6. The number of pyridine rings is 1. The van der Waals surface area contributed by atoms with Crippen molar-refractivity contribution in [3.05, 3.63) is 28.0 Å². The molecule has 104 valence electrons. The van der Waals surface area contributed by atoms with Gasteiger partial charge in [0.2, 0.25) is 0 Å². The number of halogens is 2.